The van der Waals surface area contributed by atoms with Gasteiger partial charge in [0.1, 0.15) is 29.2 Å². The number of nitrogen functional groups attached to an aromatic ring is 2. The second-order valence-electron chi connectivity index (χ2n) is 23.5. The predicted octanol–water partition coefficient (Wildman–Crippen LogP) is 10.7. The van der Waals surface area contributed by atoms with E-state index in [1.165, 1.54) is 23.9 Å². The first-order valence-electron chi connectivity index (χ1n) is 28.7. The Morgan fingerprint density at radius 3 is 1.30 bits per heavy atom. The van der Waals surface area contributed by atoms with Crippen molar-refractivity contribution in [3.63, 3.8) is 0 Å². The third kappa shape index (κ3) is 16.9. The molecule has 2 aliphatic rings. The molecule has 10 rings (SSSR count). The lowest BCUT2D eigenvalue weighted by Crippen LogP contribution is -2.35. The number of aliphatic carboxylic acids is 1. The quantitative estimate of drug-likeness (QED) is 0.0474. The molecule has 91 heavy (non-hydrogen) atoms. The zero-order chi connectivity index (χ0) is 66.2. The van der Waals surface area contributed by atoms with Crippen LogP contribution in [0.15, 0.2) is 109 Å². The number of rotatable bonds is 13. The second-order valence-corrected chi connectivity index (χ2v) is 23.5. The summed E-state index contributed by atoms with van der Waals surface area (Å²) < 4.78 is 72.1. The van der Waals surface area contributed by atoms with Crippen molar-refractivity contribution >= 4 is 69.6 Å². The van der Waals surface area contributed by atoms with E-state index in [1.807, 2.05) is 48.5 Å². The highest BCUT2D eigenvalue weighted by Crippen LogP contribution is 2.35. The summed E-state index contributed by atoms with van der Waals surface area (Å²) in [7, 11) is 3.00. The summed E-state index contributed by atoms with van der Waals surface area (Å²) in [6.45, 7) is 11.6. The average Bonchev–Trinajstić information content (AvgIpc) is 1.63. The fraction of sp³-hybridized carbons (Fsp3) is 0.303. The van der Waals surface area contributed by atoms with Crippen LogP contribution in [0, 0.1) is 23.3 Å². The molecule has 0 radical (unpaired) electrons. The van der Waals surface area contributed by atoms with Crippen LogP contribution in [-0.2, 0) is 63.2 Å². The molecule has 2 aliphatic heterocycles. The van der Waals surface area contributed by atoms with Gasteiger partial charge in [-0.15, -0.1) is 0 Å². The summed E-state index contributed by atoms with van der Waals surface area (Å²) in [5.74, 6) is -6.63. The van der Waals surface area contributed by atoms with Gasteiger partial charge in [-0.1, -0.05) is 60.7 Å². The summed E-state index contributed by atoms with van der Waals surface area (Å²) in [5, 5.41) is 18.8. The van der Waals surface area contributed by atoms with Crippen LogP contribution in [0.4, 0.5) is 39.0 Å². The van der Waals surface area contributed by atoms with Crippen LogP contribution in [0.3, 0.4) is 0 Å². The van der Waals surface area contributed by atoms with E-state index >= 15 is 0 Å². The van der Waals surface area contributed by atoms with Gasteiger partial charge in [-0.25, -0.2) is 47.1 Å². The number of aliphatic hydroxyl groups is 1. The second kappa shape index (κ2) is 28.0. The molecule has 8 aromatic rings. The third-order valence-electron chi connectivity index (χ3n) is 14.3. The van der Waals surface area contributed by atoms with Gasteiger partial charge in [-0.3, -0.25) is 19.2 Å². The lowest BCUT2D eigenvalue weighted by Gasteiger charge is -2.24. The Bertz CT molecular complexity index is 4070. The molecule has 0 atom stereocenters. The number of carbonyl (C=O) groups excluding carboxylic acids is 5. The van der Waals surface area contributed by atoms with Crippen molar-refractivity contribution in [3.05, 3.63) is 177 Å². The molecule has 0 unspecified atom stereocenters. The number of nitrogens with two attached hydrogens (primary N) is 2. The summed E-state index contributed by atoms with van der Waals surface area (Å²) in [6.07, 6.45) is -1.31. The molecule has 6 aromatic carbocycles. The average molecular weight is 1250 g/mol. The molecule has 21 nitrogen and oxygen atoms in total. The van der Waals surface area contributed by atoms with Gasteiger partial charge in [-0.2, -0.15) is 0 Å². The van der Waals surface area contributed by atoms with Crippen LogP contribution in [0.2, 0.25) is 0 Å². The molecule has 4 amide bonds. The molecule has 0 fully saturated rings. The molecule has 6 N–H and O–H groups in total. The van der Waals surface area contributed by atoms with Gasteiger partial charge < -0.3 is 55.5 Å². The zero-order valence-electron chi connectivity index (χ0n) is 51.3. The number of carboxylic acids is 1. The molecule has 2 aromatic heterocycles. The number of hydrogen-bond acceptors (Lipinski definition) is 16. The first kappa shape index (κ1) is 66.6. The van der Waals surface area contributed by atoms with E-state index in [1.54, 1.807) is 87.7 Å². The highest BCUT2D eigenvalue weighted by Gasteiger charge is 2.30. The number of esters is 1. The first-order valence-corrected chi connectivity index (χ1v) is 28.7. The Morgan fingerprint density at radius 1 is 0.538 bits per heavy atom. The Morgan fingerprint density at radius 2 is 0.912 bits per heavy atom. The molecule has 0 bridgehead atoms. The topological polar surface area (TPSA) is 287 Å². The van der Waals surface area contributed by atoms with E-state index in [0.29, 0.717) is 64.7 Å². The summed E-state index contributed by atoms with van der Waals surface area (Å²) in [6, 6.07) is 29.3. The minimum atomic E-state index is -1.11. The number of amides is 4. The van der Waals surface area contributed by atoms with Gasteiger partial charge in [0.15, 0.2) is 23.3 Å². The maximum Gasteiger partial charge on any atom is 0.410 e. The molecule has 0 aliphatic carbocycles. The third-order valence-corrected chi connectivity index (χ3v) is 14.3. The molecule has 0 saturated carbocycles. The number of halogens is 4. The largest absolute Gasteiger partial charge is 0.481 e. The number of fused-ring (bicyclic) bond motifs is 4. The number of carbonyl (C=O) groups is 6. The highest BCUT2D eigenvalue weighted by molar-refractivity contribution is 6.07. The van der Waals surface area contributed by atoms with Gasteiger partial charge in [0.25, 0.3) is 11.8 Å². The molecular formula is C66H68F4N10O11. The Labute approximate surface area is 521 Å². The number of ether oxygens (including phenoxy) is 3. The van der Waals surface area contributed by atoms with E-state index in [-0.39, 0.29) is 84.3 Å². The predicted molar refractivity (Wildman–Crippen MR) is 329 cm³/mol. The Kier molecular flexibility index (Phi) is 20.5. The van der Waals surface area contributed by atoms with E-state index in [2.05, 4.69) is 19.9 Å². The minimum absolute atomic E-state index is 0.0328. The van der Waals surface area contributed by atoms with E-state index in [4.69, 9.17) is 30.8 Å². The number of hydrogen-bond donors (Lipinski definition) is 4. The molecule has 4 heterocycles. The lowest BCUT2D eigenvalue weighted by molar-refractivity contribution is -0.145. The summed E-state index contributed by atoms with van der Waals surface area (Å²) >= 11 is 0. The van der Waals surface area contributed by atoms with Crippen molar-refractivity contribution in [1.82, 2.24) is 39.5 Å². The zero-order valence-corrected chi connectivity index (χ0v) is 51.3. The smallest absolute Gasteiger partial charge is 0.410 e. The fourth-order valence-corrected chi connectivity index (χ4v) is 9.79. The van der Waals surface area contributed by atoms with Crippen LogP contribution in [0.1, 0.15) is 109 Å². The number of nitrogens with zero attached hydrogens (tertiary/aromatic N) is 8. The van der Waals surface area contributed by atoms with Gasteiger partial charge in [0, 0.05) is 69.7 Å². The van der Waals surface area contributed by atoms with Gasteiger partial charge in [-0.05, 0) is 140 Å². The van der Waals surface area contributed by atoms with Crippen LogP contribution in [0.25, 0.3) is 44.1 Å². The summed E-state index contributed by atoms with van der Waals surface area (Å²) in [5.41, 5.74) is 17.8. The lowest BCUT2D eigenvalue weighted by atomic mass is 9.97. The molecular weight excluding hydrogens is 1180 g/mol. The van der Waals surface area contributed by atoms with Crippen molar-refractivity contribution in [2.75, 3.05) is 38.7 Å². The van der Waals surface area contributed by atoms with Crippen molar-refractivity contribution in [2.45, 2.75) is 105 Å². The number of aliphatic hydroxyl groups excluding tert-OH is 1. The number of anilines is 2. The van der Waals surface area contributed by atoms with E-state index < -0.39 is 65.2 Å². The molecule has 476 valence electrons. The van der Waals surface area contributed by atoms with Gasteiger partial charge >= 0.3 is 24.1 Å². The summed E-state index contributed by atoms with van der Waals surface area (Å²) in [4.78, 5) is 96.0. The monoisotopic (exact) mass is 1250 g/mol. The van der Waals surface area contributed by atoms with E-state index in [0.717, 1.165) is 46.5 Å². The van der Waals surface area contributed by atoms with Crippen LogP contribution >= 0.6 is 0 Å². The van der Waals surface area contributed by atoms with Crippen molar-refractivity contribution in [2.24, 2.45) is 0 Å². The Balaban J connectivity index is 0.000000201. The van der Waals surface area contributed by atoms with E-state index in [9.17, 15) is 51.4 Å². The number of benzene rings is 6. The first-order chi connectivity index (χ1) is 42.9. The highest BCUT2D eigenvalue weighted by atomic mass is 19.2. The molecule has 25 heteroatoms. The molecule has 0 saturated heterocycles. The standard InChI is InChI=1S/C33H33F2N5O5.C24H18F2N4O2.C9H17NO4/c1-33(2,3)45-32(43)39(4)12-11-28(41)44-18-22-14-25(34)26(35)15-23(22)19-9-10-27-24(13-19)29(38-31(36)37-27)30(42)40-16-20-7-5-6-8-21(20)17-40;25-19-8-16(12-31)17(9-20(19)26)13-5-6-21-18(7-13)22(29-24(27)28-21)23(32)30-10-14-3-1-2-4-15(14)11-30;1-9(2,3)14-8(13)10(4)6-5-7(11)12/h5-10,13-15H,11-12,16-18H2,1-4H3,(H2,36,37,38);1-9,31H,10-12H2,(H2,27,28,29);5-6H2,1-4H3,(H,11,12). The minimum Gasteiger partial charge on any atom is -0.481 e. The maximum absolute atomic E-state index is 14.5. The number of carboxylic acid groups (broad SMARTS) is 1. The van der Waals surface area contributed by atoms with Crippen molar-refractivity contribution in [3.8, 4) is 22.3 Å². The van der Waals surface area contributed by atoms with Crippen molar-refractivity contribution in [1.29, 1.82) is 0 Å². The van der Waals surface area contributed by atoms with Gasteiger partial charge in [0.2, 0.25) is 11.9 Å². The SMILES string of the molecule is CN(CCC(=O)O)C(=O)OC(C)(C)C.CN(CCC(=O)OCc1cc(F)c(F)cc1-c1ccc2nc(N)nc(C(=O)N3Cc4ccccc4C3)c2c1)C(=O)OC(C)(C)C.Nc1nc(C(=O)N2Cc3ccccc3C2)c2cc(-c3cc(F)c(F)cc3CO)ccc2n1. The van der Waals surface area contributed by atoms with Crippen LogP contribution in [-0.4, -0.2) is 124 Å². The Hall–Kier alpha value is -10.3. The van der Waals surface area contributed by atoms with Crippen molar-refractivity contribution < 1.29 is 70.8 Å². The van der Waals surface area contributed by atoms with Crippen LogP contribution < -0.4 is 11.5 Å². The normalized spacial score (nSPS) is 12.5. The molecule has 0 spiro atoms. The maximum atomic E-state index is 14.5. The van der Waals surface area contributed by atoms with Crippen LogP contribution in [0.5, 0.6) is 0 Å². The van der Waals surface area contributed by atoms with Gasteiger partial charge in [0.05, 0.1) is 30.5 Å². The number of aromatic nitrogens is 4. The fourth-order valence-electron chi connectivity index (χ4n) is 9.79.